The van der Waals surface area contributed by atoms with Gasteiger partial charge in [0.2, 0.25) is 0 Å². The number of amides is 1. The van der Waals surface area contributed by atoms with E-state index in [0.29, 0.717) is 0 Å². The summed E-state index contributed by atoms with van der Waals surface area (Å²) >= 11 is 1.51. The van der Waals surface area contributed by atoms with Gasteiger partial charge in [-0.3, -0.25) is 4.79 Å². The average molecular weight is 328 g/mol. The molecule has 5 heteroatoms. The van der Waals surface area contributed by atoms with E-state index in [1.54, 1.807) is 7.11 Å². The smallest absolute Gasteiger partial charge is 0.253 e. The molecule has 0 heterocycles. The Hall–Kier alpha value is -2.27. The van der Waals surface area contributed by atoms with Gasteiger partial charge >= 0.3 is 0 Å². The summed E-state index contributed by atoms with van der Waals surface area (Å²) in [6, 6.07) is 17.4. The number of nitrogens with zero attached hydrogens (tertiary/aromatic N) is 1. The molecule has 23 heavy (non-hydrogen) atoms. The Kier molecular flexibility index (Phi) is 6.23. The molecule has 0 aliphatic rings. The lowest BCUT2D eigenvalue weighted by molar-refractivity contribution is -0.120. The number of carbonyl (C=O) groups is 1. The van der Waals surface area contributed by atoms with E-state index in [0.717, 1.165) is 21.9 Å². The van der Waals surface area contributed by atoms with Crippen molar-refractivity contribution in [2.24, 2.45) is 5.10 Å². The molecule has 1 N–H and O–H groups in total. The molecule has 4 nitrogen and oxygen atoms in total. The summed E-state index contributed by atoms with van der Waals surface area (Å²) in [4.78, 5) is 13.2. The second kappa shape index (κ2) is 8.39. The molecular formula is C18H20N2O2S. The van der Waals surface area contributed by atoms with Crippen LogP contribution in [0.4, 0.5) is 0 Å². The summed E-state index contributed by atoms with van der Waals surface area (Å²) in [6.45, 7) is 3.72. The van der Waals surface area contributed by atoms with Crippen LogP contribution >= 0.6 is 11.8 Å². The Labute approximate surface area is 140 Å². The first-order valence-electron chi connectivity index (χ1n) is 7.30. The van der Waals surface area contributed by atoms with Gasteiger partial charge < -0.3 is 4.74 Å². The minimum absolute atomic E-state index is 0.119. The molecule has 0 fully saturated rings. The van der Waals surface area contributed by atoms with Gasteiger partial charge in [0.25, 0.3) is 5.91 Å². The molecule has 1 amide bonds. The standard InChI is InChI=1S/C18H20N2O2S/c1-13(15-9-11-16(22-3)12-10-15)19-20-18(21)14(2)23-17-7-5-4-6-8-17/h4-12,14H,1-3H3,(H,20,21)/b19-13+. The van der Waals surface area contributed by atoms with Crippen LogP contribution in [0.5, 0.6) is 5.75 Å². The van der Waals surface area contributed by atoms with Gasteiger partial charge in [0.05, 0.1) is 18.1 Å². The highest BCUT2D eigenvalue weighted by atomic mass is 32.2. The van der Waals surface area contributed by atoms with Crippen molar-refractivity contribution in [1.29, 1.82) is 0 Å². The number of nitrogens with one attached hydrogen (secondary N) is 1. The summed E-state index contributed by atoms with van der Waals surface area (Å²) in [5.74, 6) is 0.671. The third-order valence-electron chi connectivity index (χ3n) is 3.27. The van der Waals surface area contributed by atoms with Gasteiger partial charge in [0, 0.05) is 4.90 Å². The van der Waals surface area contributed by atoms with Gasteiger partial charge in [-0.2, -0.15) is 5.10 Å². The Balaban J connectivity index is 1.93. The minimum Gasteiger partial charge on any atom is -0.497 e. The molecule has 2 aromatic rings. The lowest BCUT2D eigenvalue weighted by atomic mass is 10.1. The monoisotopic (exact) mass is 328 g/mol. The third-order valence-corrected chi connectivity index (χ3v) is 4.38. The number of hydrogen-bond donors (Lipinski definition) is 1. The summed E-state index contributed by atoms with van der Waals surface area (Å²) in [7, 11) is 1.63. The fraction of sp³-hybridized carbons (Fsp3) is 0.222. The van der Waals surface area contributed by atoms with E-state index in [1.165, 1.54) is 11.8 Å². The minimum atomic E-state index is -0.218. The van der Waals surface area contributed by atoms with Crippen LogP contribution in [0.2, 0.25) is 0 Å². The quantitative estimate of drug-likeness (QED) is 0.499. The molecule has 120 valence electrons. The van der Waals surface area contributed by atoms with E-state index in [1.807, 2.05) is 68.4 Å². The van der Waals surface area contributed by atoms with Crippen molar-refractivity contribution in [3.63, 3.8) is 0 Å². The second-order valence-electron chi connectivity index (χ2n) is 4.97. The lowest BCUT2D eigenvalue weighted by Crippen LogP contribution is -2.27. The number of ether oxygens (including phenoxy) is 1. The van der Waals surface area contributed by atoms with Crippen LogP contribution in [0, 0.1) is 0 Å². The first kappa shape index (κ1) is 17.1. The first-order valence-corrected chi connectivity index (χ1v) is 8.18. The fourth-order valence-electron chi connectivity index (χ4n) is 1.88. The van der Waals surface area contributed by atoms with Gasteiger partial charge in [0.15, 0.2) is 0 Å². The molecule has 0 aromatic heterocycles. The molecule has 0 bridgehead atoms. The summed E-state index contributed by atoms with van der Waals surface area (Å²) in [5, 5.41) is 3.96. The van der Waals surface area contributed by atoms with Crippen LogP contribution in [0.15, 0.2) is 64.6 Å². The van der Waals surface area contributed by atoms with Crippen LogP contribution in [-0.4, -0.2) is 24.0 Å². The van der Waals surface area contributed by atoms with Crippen LogP contribution in [0.3, 0.4) is 0 Å². The second-order valence-corrected chi connectivity index (χ2v) is 6.39. The molecule has 2 aromatic carbocycles. The lowest BCUT2D eigenvalue weighted by Gasteiger charge is -2.10. The normalized spacial score (nSPS) is 12.6. The van der Waals surface area contributed by atoms with Crippen molar-refractivity contribution in [3.05, 3.63) is 60.2 Å². The highest BCUT2D eigenvalue weighted by molar-refractivity contribution is 8.00. The highest BCUT2D eigenvalue weighted by Crippen LogP contribution is 2.22. The molecule has 0 spiro atoms. The summed E-state index contributed by atoms with van der Waals surface area (Å²) in [6.07, 6.45) is 0. The Morgan fingerprint density at radius 2 is 1.78 bits per heavy atom. The van der Waals surface area contributed by atoms with E-state index in [4.69, 9.17) is 4.74 Å². The average Bonchev–Trinajstić information content (AvgIpc) is 2.60. The SMILES string of the molecule is COc1ccc(/C(C)=N/NC(=O)C(C)Sc2ccccc2)cc1. The van der Waals surface area contributed by atoms with E-state index >= 15 is 0 Å². The van der Waals surface area contributed by atoms with E-state index in [2.05, 4.69) is 10.5 Å². The largest absolute Gasteiger partial charge is 0.497 e. The van der Waals surface area contributed by atoms with Crippen molar-refractivity contribution in [2.45, 2.75) is 24.0 Å². The zero-order valence-corrected chi connectivity index (χ0v) is 14.3. The number of rotatable bonds is 6. The Morgan fingerprint density at radius 3 is 2.39 bits per heavy atom. The molecule has 2 rings (SSSR count). The van der Waals surface area contributed by atoms with Crippen molar-refractivity contribution in [2.75, 3.05) is 7.11 Å². The zero-order chi connectivity index (χ0) is 16.7. The molecule has 0 saturated carbocycles. The number of carbonyl (C=O) groups excluding carboxylic acids is 1. The fourth-order valence-corrected chi connectivity index (χ4v) is 2.77. The molecule has 0 aliphatic heterocycles. The van der Waals surface area contributed by atoms with E-state index in [9.17, 15) is 4.79 Å². The molecular weight excluding hydrogens is 308 g/mol. The van der Waals surface area contributed by atoms with Crippen molar-refractivity contribution in [1.82, 2.24) is 5.43 Å². The number of hydrazone groups is 1. The first-order chi connectivity index (χ1) is 11.1. The maximum absolute atomic E-state index is 12.1. The maximum atomic E-state index is 12.1. The highest BCUT2D eigenvalue weighted by Gasteiger charge is 2.13. The Bertz CT molecular complexity index is 669. The zero-order valence-electron chi connectivity index (χ0n) is 13.4. The number of benzene rings is 2. The molecule has 0 radical (unpaired) electrons. The van der Waals surface area contributed by atoms with Gasteiger partial charge in [-0.15, -0.1) is 11.8 Å². The molecule has 1 atom stereocenters. The molecule has 1 unspecified atom stereocenters. The van der Waals surface area contributed by atoms with E-state index in [-0.39, 0.29) is 11.2 Å². The number of thioether (sulfide) groups is 1. The van der Waals surface area contributed by atoms with Crippen LogP contribution < -0.4 is 10.2 Å². The molecule has 0 saturated heterocycles. The predicted octanol–water partition coefficient (Wildman–Crippen LogP) is 3.72. The van der Waals surface area contributed by atoms with Gasteiger partial charge in [-0.25, -0.2) is 5.43 Å². The summed E-state index contributed by atoms with van der Waals surface area (Å²) in [5.41, 5.74) is 4.31. The van der Waals surface area contributed by atoms with Crippen LogP contribution in [0.25, 0.3) is 0 Å². The van der Waals surface area contributed by atoms with Gasteiger partial charge in [-0.1, -0.05) is 18.2 Å². The van der Waals surface area contributed by atoms with Crippen molar-refractivity contribution < 1.29 is 9.53 Å². The van der Waals surface area contributed by atoms with Gasteiger partial charge in [-0.05, 0) is 55.8 Å². The Morgan fingerprint density at radius 1 is 1.13 bits per heavy atom. The maximum Gasteiger partial charge on any atom is 0.253 e. The number of hydrogen-bond acceptors (Lipinski definition) is 4. The predicted molar refractivity (Wildman–Crippen MR) is 95.1 cm³/mol. The van der Waals surface area contributed by atoms with Crippen molar-refractivity contribution >= 4 is 23.4 Å². The van der Waals surface area contributed by atoms with E-state index < -0.39 is 0 Å². The third kappa shape index (κ3) is 5.14. The van der Waals surface area contributed by atoms with Crippen LogP contribution in [0.1, 0.15) is 19.4 Å². The van der Waals surface area contributed by atoms with Crippen molar-refractivity contribution in [3.8, 4) is 5.75 Å². The number of methoxy groups -OCH3 is 1. The van der Waals surface area contributed by atoms with Crippen LogP contribution in [-0.2, 0) is 4.79 Å². The van der Waals surface area contributed by atoms with Gasteiger partial charge in [0.1, 0.15) is 5.75 Å². The topological polar surface area (TPSA) is 50.7 Å². The molecule has 0 aliphatic carbocycles. The summed E-state index contributed by atoms with van der Waals surface area (Å²) < 4.78 is 5.12.